The van der Waals surface area contributed by atoms with Gasteiger partial charge in [0.25, 0.3) is 0 Å². The SMILES string of the molecule is CCn1c[n+](C[C@@H](O)COc2ccc(F)cc2)c2cc(C)c(C)cc21. The fourth-order valence-corrected chi connectivity index (χ4v) is 2.94. The van der Waals surface area contributed by atoms with Crippen LogP contribution in [-0.2, 0) is 13.1 Å². The van der Waals surface area contributed by atoms with E-state index in [0.717, 1.165) is 17.6 Å². The highest BCUT2D eigenvalue weighted by Gasteiger charge is 2.19. The number of benzene rings is 2. The molecule has 4 nitrogen and oxygen atoms in total. The summed E-state index contributed by atoms with van der Waals surface area (Å²) in [6.45, 7) is 7.77. The molecule has 0 fully saturated rings. The molecule has 0 spiro atoms. The van der Waals surface area contributed by atoms with Gasteiger partial charge in [-0.1, -0.05) is 0 Å². The van der Waals surface area contributed by atoms with Crippen molar-refractivity contribution in [3.05, 3.63) is 59.7 Å². The molecule has 0 unspecified atom stereocenters. The van der Waals surface area contributed by atoms with Gasteiger partial charge < -0.3 is 9.84 Å². The number of hydrogen-bond donors (Lipinski definition) is 1. The Bertz CT molecular complexity index is 872. The zero-order chi connectivity index (χ0) is 18.0. The second-order valence-electron chi connectivity index (χ2n) is 6.40. The summed E-state index contributed by atoms with van der Waals surface area (Å²) in [7, 11) is 0. The summed E-state index contributed by atoms with van der Waals surface area (Å²) in [6, 6.07) is 10.2. The van der Waals surface area contributed by atoms with Crippen LogP contribution in [0.5, 0.6) is 5.75 Å². The molecular weight excluding hydrogens is 319 g/mol. The molecule has 1 aromatic heterocycles. The Morgan fingerprint density at radius 1 is 1.16 bits per heavy atom. The number of nitrogens with zero attached hydrogens (tertiary/aromatic N) is 2. The molecule has 2 aromatic carbocycles. The minimum absolute atomic E-state index is 0.155. The molecule has 0 aliphatic heterocycles. The third kappa shape index (κ3) is 3.82. The normalized spacial score (nSPS) is 12.5. The number of rotatable bonds is 6. The topological polar surface area (TPSA) is 38.3 Å². The predicted molar refractivity (Wildman–Crippen MR) is 95.2 cm³/mol. The van der Waals surface area contributed by atoms with Crippen molar-refractivity contribution < 1.29 is 18.8 Å². The third-order valence-corrected chi connectivity index (χ3v) is 4.49. The van der Waals surface area contributed by atoms with Gasteiger partial charge in [-0.3, -0.25) is 0 Å². The van der Waals surface area contributed by atoms with Crippen LogP contribution >= 0.6 is 0 Å². The number of fused-ring (bicyclic) bond motifs is 1. The highest BCUT2D eigenvalue weighted by molar-refractivity contribution is 5.74. The highest BCUT2D eigenvalue weighted by Crippen LogP contribution is 2.18. The molecule has 0 radical (unpaired) electrons. The van der Waals surface area contributed by atoms with E-state index in [2.05, 4.69) is 42.0 Å². The number of imidazole rings is 1. The Kier molecular flexibility index (Phi) is 5.04. The van der Waals surface area contributed by atoms with E-state index in [4.69, 9.17) is 4.74 Å². The number of ether oxygens (including phenoxy) is 1. The van der Waals surface area contributed by atoms with Crippen LogP contribution in [0.2, 0.25) is 0 Å². The van der Waals surface area contributed by atoms with E-state index in [0.29, 0.717) is 12.3 Å². The summed E-state index contributed by atoms with van der Waals surface area (Å²) in [6.07, 6.45) is 1.37. The average Bonchev–Trinajstić information content (AvgIpc) is 2.91. The molecule has 132 valence electrons. The molecule has 0 aliphatic carbocycles. The van der Waals surface area contributed by atoms with Gasteiger partial charge >= 0.3 is 0 Å². The van der Waals surface area contributed by atoms with Crippen LogP contribution in [0.15, 0.2) is 42.7 Å². The lowest BCUT2D eigenvalue weighted by Crippen LogP contribution is -2.41. The van der Waals surface area contributed by atoms with Crippen molar-refractivity contribution in [2.24, 2.45) is 0 Å². The number of aromatic nitrogens is 2. The lowest BCUT2D eigenvalue weighted by atomic mass is 10.1. The maximum absolute atomic E-state index is 12.9. The fourth-order valence-electron chi connectivity index (χ4n) is 2.94. The predicted octanol–water partition coefficient (Wildman–Crippen LogP) is 3.14. The highest BCUT2D eigenvalue weighted by atomic mass is 19.1. The van der Waals surface area contributed by atoms with E-state index in [1.54, 1.807) is 12.1 Å². The lowest BCUT2D eigenvalue weighted by molar-refractivity contribution is -0.679. The maximum Gasteiger partial charge on any atom is 0.244 e. The molecule has 0 bridgehead atoms. The van der Waals surface area contributed by atoms with Crippen LogP contribution in [0, 0.1) is 19.7 Å². The molecule has 1 atom stereocenters. The van der Waals surface area contributed by atoms with Crippen LogP contribution in [0.4, 0.5) is 4.39 Å². The summed E-state index contributed by atoms with van der Waals surface area (Å²) >= 11 is 0. The first-order valence-corrected chi connectivity index (χ1v) is 8.54. The summed E-state index contributed by atoms with van der Waals surface area (Å²) in [5.74, 6) is 0.245. The van der Waals surface area contributed by atoms with Crippen molar-refractivity contribution in [2.45, 2.75) is 40.0 Å². The van der Waals surface area contributed by atoms with Crippen molar-refractivity contribution >= 4 is 11.0 Å². The molecule has 0 saturated heterocycles. The zero-order valence-electron chi connectivity index (χ0n) is 14.9. The van der Waals surface area contributed by atoms with Crippen molar-refractivity contribution in [2.75, 3.05) is 6.61 Å². The summed E-state index contributed by atoms with van der Waals surface area (Å²) in [5.41, 5.74) is 4.75. The van der Waals surface area contributed by atoms with Gasteiger partial charge in [0, 0.05) is 0 Å². The van der Waals surface area contributed by atoms with Crippen LogP contribution in [0.1, 0.15) is 18.1 Å². The van der Waals surface area contributed by atoms with Crippen LogP contribution in [0.3, 0.4) is 0 Å². The molecule has 5 heteroatoms. The average molecular weight is 343 g/mol. The van der Waals surface area contributed by atoms with E-state index in [-0.39, 0.29) is 12.4 Å². The minimum atomic E-state index is -0.660. The van der Waals surface area contributed by atoms with Gasteiger partial charge in [-0.05, 0) is 68.3 Å². The summed E-state index contributed by atoms with van der Waals surface area (Å²) < 4.78 is 22.7. The first-order valence-electron chi connectivity index (χ1n) is 8.54. The van der Waals surface area contributed by atoms with Crippen LogP contribution in [-0.4, -0.2) is 22.4 Å². The molecule has 0 saturated carbocycles. The van der Waals surface area contributed by atoms with Crippen molar-refractivity contribution in [3.8, 4) is 5.75 Å². The van der Waals surface area contributed by atoms with Gasteiger partial charge in [0.2, 0.25) is 6.33 Å². The number of aryl methyl sites for hydroxylation is 3. The van der Waals surface area contributed by atoms with Crippen LogP contribution in [0.25, 0.3) is 11.0 Å². The third-order valence-electron chi connectivity index (χ3n) is 4.49. The van der Waals surface area contributed by atoms with Crippen LogP contribution < -0.4 is 9.30 Å². The molecule has 25 heavy (non-hydrogen) atoms. The van der Waals surface area contributed by atoms with Gasteiger partial charge in [0.05, 0.1) is 6.54 Å². The molecule has 1 heterocycles. The Balaban J connectivity index is 1.75. The van der Waals surface area contributed by atoms with E-state index in [1.807, 2.05) is 6.33 Å². The quantitative estimate of drug-likeness (QED) is 0.698. The Morgan fingerprint density at radius 3 is 2.52 bits per heavy atom. The van der Waals surface area contributed by atoms with Gasteiger partial charge in [0.1, 0.15) is 30.8 Å². The van der Waals surface area contributed by atoms with Gasteiger partial charge in [0.15, 0.2) is 11.0 Å². The van der Waals surface area contributed by atoms with Crippen molar-refractivity contribution in [1.82, 2.24) is 4.57 Å². The molecule has 3 rings (SSSR count). The standard InChI is InChI=1S/C20H24FN2O2/c1-4-22-13-23(20-10-15(3)14(2)9-19(20)22)11-17(24)12-25-18-7-5-16(21)6-8-18/h5-10,13,17,24H,4,11-12H2,1-3H3/q+1/t17-/m1/s1. The van der Waals surface area contributed by atoms with E-state index in [9.17, 15) is 9.50 Å². The molecule has 0 aliphatic rings. The molecular formula is C20H24FN2O2+. The largest absolute Gasteiger partial charge is 0.491 e. The summed E-state index contributed by atoms with van der Waals surface area (Å²) in [4.78, 5) is 0. The van der Waals surface area contributed by atoms with Gasteiger partial charge in [-0.2, -0.15) is 0 Å². The monoisotopic (exact) mass is 343 g/mol. The van der Waals surface area contributed by atoms with E-state index < -0.39 is 6.10 Å². The second kappa shape index (κ2) is 7.23. The molecule has 3 aromatic rings. The fraction of sp³-hybridized carbons (Fsp3) is 0.350. The molecule has 0 amide bonds. The Labute approximate surface area is 147 Å². The smallest absolute Gasteiger partial charge is 0.244 e. The first-order chi connectivity index (χ1) is 12.0. The summed E-state index contributed by atoms with van der Waals surface area (Å²) in [5, 5.41) is 10.4. The van der Waals surface area contributed by atoms with E-state index >= 15 is 0 Å². The zero-order valence-corrected chi connectivity index (χ0v) is 14.9. The Hall–Kier alpha value is -2.40. The number of aliphatic hydroxyl groups is 1. The van der Waals surface area contributed by atoms with Gasteiger partial charge in [-0.15, -0.1) is 0 Å². The lowest BCUT2D eigenvalue weighted by Gasteiger charge is -2.11. The van der Waals surface area contributed by atoms with Crippen molar-refractivity contribution in [1.29, 1.82) is 0 Å². The first kappa shape index (κ1) is 17.4. The van der Waals surface area contributed by atoms with E-state index in [1.165, 1.54) is 23.3 Å². The second-order valence-corrected chi connectivity index (χ2v) is 6.40. The Morgan fingerprint density at radius 2 is 1.84 bits per heavy atom. The molecule has 1 N–H and O–H groups in total. The van der Waals surface area contributed by atoms with Crippen molar-refractivity contribution in [3.63, 3.8) is 0 Å². The number of aliphatic hydroxyl groups excluding tert-OH is 1. The maximum atomic E-state index is 12.9. The minimum Gasteiger partial charge on any atom is -0.491 e. The number of halogens is 1. The van der Waals surface area contributed by atoms with Gasteiger partial charge in [-0.25, -0.2) is 13.5 Å². The number of hydrogen-bond acceptors (Lipinski definition) is 2.